The van der Waals surface area contributed by atoms with Gasteiger partial charge in [0.1, 0.15) is 5.75 Å². The number of ether oxygens (including phenoxy) is 1. The molecule has 0 bridgehead atoms. The number of nitrogens with one attached hydrogen (secondary N) is 1. The zero-order valence-corrected chi connectivity index (χ0v) is 11.2. The van der Waals surface area contributed by atoms with Gasteiger partial charge in [0.05, 0.1) is 23.6 Å². The molecule has 3 rings (SSSR count). The van der Waals surface area contributed by atoms with Gasteiger partial charge < -0.3 is 9.84 Å². The molecule has 1 aliphatic rings. The van der Waals surface area contributed by atoms with Crippen molar-refractivity contribution in [2.45, 2.75) is 6.42 Å². The predicted octanol–water partition coefficient (Wildman–Crippen LogP) is 2.98. The average Bonchev–Trinajstić information content (AvgIpc) is 2.53. The lowest BCUT2D eigenvalue weighted by molar-refractivity contribution is 0.0698. The smallest absolute Gasteiger partial charge is 0.337 e. The van der Waals surface area contributed by atoms with Crippen LogP contribution < -0.4 is 10.2 Å². The lowest BCUT2D eigenvalue weighted by Gasteiger charge is -2.19. The summed E-state index contributed by atoms with van der Waals surface area (Å²) in [5.74, 6) is -0.179. The number of aromatic carboxylic acids is 1. The molecule has 1 heterocycles. The molecule has 0 unspecified atom stereocenters. The van der Waals surface area contributed by atoms with E-state index in [0.717, 1.165) is 17.0 Å². The molecule has 0 spiro atoms. The summed E-state index contributed by atoms with van der Waals surface area (Å²) in [5, 5.41) is 13.5. The van der Waals surface area contributed by atoms with Gasteiger partial charge in [-0.05, 0) is 24.3 Å². The molecule has 0 saturated carbocycles. The van der Waals surface area contributed by atoms with Crippen molar-refractivity contribution in [2.75, 3.05) is 12.0 Å². The molecular formula is C16H14N2O3. The Bertz CT molecular complexity index is 710. The van der Waals surface area contributed by atoms with Gasteiger partial charge in [-0.3, -0.25) is 5.43 Å². The van der Waals surface area contributed by atoms with E-state index in [1.54, 1.807) is 24.3 Å². The van der Waals surface area contributed by atoms with Crippen molar-refractivity contribution in [3.05, 3.63) is 59.7 Å². The molecule has 106 valence electrons. The van der Waals surface area contributed by atoms with Gasteiger partial charge in [-0.2, -0.15) is 5.10 Å². The molecular weight excluding hydrogens is 268 g/mol. The first-order valence-corrected chi connectivity index (χ1v) is 6.63. The van der Waals surface area contributed by atoms with Crippen molar-refractivity contribution in [1.29, 1.82) is 0 Å². The van der Waals surface area contributed by atoms with E-state index in [2.05, 4.69) is 10.5 Å². The molecule has 1 aliphatic heterocycles. The summed E-state index contributed by atoms with van der Waals surface area (Å²) in [6, 6.07) is 14.4. The van der Waals surface area contributed by atoms with Gasteiger partial charge >= 0.3 is 5.97 Å². The van der Waals surface area contributed by atoms with E-state index < -0.39 is 5.97 Å². The Morgan fingerprint density at radius 1 is 1.14 bits per heavy atom. The number of hydrazone groups is 1. The molecule has 0 aliphatic carbocycles. The molecule has 0 aromatic heterocycles. The minimum Gasteiger partial charge on any atom is -0.492 e. The number of carboxylic acid groups (broad SMARTS) is 1. The van der Waals surface area contributed by atoms with Gasteiger partial charge in [-0.25, -0.2) is 4.79 Å². The number of hydrogen-bond acceptors (Lipinski definition) is 4. The second-order valence-corrected chi connectivity index (χ2v) is 4.62. The summed E-state index contributed by atoms with van der Waals surface area (Å²) in [5.41, 5.74) is 5.32. The Balaban J connectivity index is 1.90. The molecule has 0 saturated heterocycles. The second-order valence-electron chi connectivity index (χ2n) is 4.62. The summed E-state index contributed by atoms with van der Waals surface area (Å²) in [7, 11) is 0. The summed E-state index contributed by atoms with van der Waals surface area (Å²) in [6.45, 7) is 0.568. The lowest BCUT2D eigenvalue weighted by atomic mass is 10.0. The fraction of sp³-hybridized carbons (Fsp3) is 0.125. The molecule has 0 atom stereocenters. The Hall–Kier alpha value is -2.82. The van der Waals surface area contributed by atoms with Crippen molar-refractivity contribution in [1.82, 2.24) is 0 Å². The normalized spacial score (nSPS) is 15.1. The Kier molecular flexibility index (Phi) is 3.55. The van der Waals surface area contributed by atoms with E-state index in [1.165, 1.54) is 0 Å². The van der Waals surface area contributed by atoms with Crippen LogP contribution >= 0.6 is 0 Å². The van der Waals surface area contributed by atoms with E-state index in [-0.39, 0.29) is 5.56 Å². The van der Waals surface area contributed by atoms with Crippen LogP contribution in [0.15, 0.2) is 53.6 Å². The lowest BCUT2D eigenvalue weighted by Crippen LogP contribution is -2.17. The number of fused-ring (bicyclic) bond motifs is 1. The van der Waals surface area contributed by atoms with Gasteiger partial charge in [-0.15, -0.1) is 0 Å². The molecule has 2 N–H and O–H groups in total. The zero-order valence-electron chi connectivity index (χ0n) is 11.2. The first-order valence-electron chi connectivity index (χ1n) is 6.63. The van der Waals surface area contributed by atoms with Gasteiger partial charge in [0.25, 0.3) is 0 Å². The van der Waals surface area contributed by atoms with Crippen LogP contribution in [0.5, 0.6) is 5.75 Å². The third-order valence-electron chi connectivity index (χ3n) is 3.26. The zero-order chi connectivity index (χ0) is 14.7. The number of nitrogens with zero attached hydrogens (tertiary/aromatic N) is 1. The summed E-state index contributed by atoms with van der Waals surface area (Å²) < 4.78 is 5.56. The van der Waals surface area contributed by atoms with Crippen molar-refractivity contribution in [2.24, 2.45) is 5.10 Å². The van der Waals surface area contributed by atoms with Gasteiger partial charge in [-0.1, -0.05) is 24.3 Å². The van der Waals surface area contributed by atoms with Crippen LogP contribution in [-0.4, -0.2) is 23.4 Å². The van der Waals surface area contributed by atoms with Crippen LogP contribution in [0, 0.1) is 0 Å². The number of para-hydroxylation sites is 2. The Labute approximate surface area is 121 Å². The average molecular weight is 282 g/mol. The van der Waals surface area contributed by atoms with Crippen molar-refractivity contribution in [3.8, 4) is 5.75 Å². The van der Waals surface area contributed by atoms with Crippen molar-refractivity contribution >= 4 is 17.4 Å². The summed E-state index contributed by atoms with van der Waals surface area (Å²) in [4.78, 5) is 11.2. The third-order valence-corrected chi connectivity index (χ3v) is 3.26. The van der Waals surface area contributed by atoms with E-state index in [0.29, 0.717) is 18.7 Å². The van der Waals surface area contributed by atoms with Crippen LogP contribution in [-0.2, 0) is 0 Å². The quantitative estimate of drug-likeness (QED) is 0.849. The highest BCUT2D eigenvalue weighted by atomic mass is 16.5. The highest BCUT2D eigenvalue weighted by Crippen LogP contribution is 2.25. The maximum absolute atomic E-state index is 11.2. The molecule has 0 amide bonds. The van der Waals surface area contributed by atoms with E-state index in [4.69, 9.17) is 9.84 Å². The van der Waals surface area contributed by atoms with E-state index >= 15 is 0 Å². The number of carbonyl (C=O) groups is 1. The largest absolute Gasteiger partial charge is 0.492 e. The van der Waals surface area contributed by atoms with Crippen LogP contribution in [0.3, 0.4) is 0 Å². The summed E-state index contributed by atoms with van der Waals surface area (Å²) in [6.07, 6.45) is 0.680. The molecule has 2 aromatic carbocycles. The highest BCUT2D eigenvalue weighted by Gasteiger charge is 2.16. The van der Waals surface area contributed by atoms with Crippen molar-refractivity contribution < 1.29 is 14.6 Å². The van der Waals surface area contributed by atoms with E-state index in [1.807, 2.05) is 24.3 Å². The molecule has 5 nitrogen and oxygen atoms in total. The summed E-state index contributed by atoms with van der Waals surface area (Å²) >= 11 is 0. The second kappa shape index (κ2) is 5.66. The van der Waals surface area contributed by atoms with Crippen LogP contribution in [0.1, 0.15) is 22.3 Å². The standard InChI is InChI=1S/C16H14N2O3/c19-16(20)12-6-1-3-7-13(12)17-18-14-9-10-21-15-8-4-2-5-11(14)15/h1-8,17H,9-10H2,(H,19,20)/b18-14-. The van der Waals surface area contributed by atoms with Crippen LogP contribution in [0.25, 0.3) is 0 Å². The monoisotopic (exact) mass is 282 g/mol. The Morgan fingerprint density at radius 3 is 2.76 bits per heavy atom. The fourth-order valence-electron chi connectivity index (χ4n) is 2.23. The molecule has 2 aromatic rings. The first kappa shape index (κ1) is 13.2. The molecule has 21 heavy (non-hydrogen) atoms. The third kappa shape index (κ3) is 2.72. The minimum absolute atomic E-state index is 0.196. The highest BCUT2D eigenvalue weighted by molar-refractivity contribution is 6.04. The number of hydrogen-bond donors (Lipinski definition) is 2. The predicted molar refractivity (Wildman–Crippen MR) is 80.1 cm³/mol. The molecule has 5 heteroatoms. The van der Waals surface area contributed by atoms with E-state index in [9.17, 15) is 4.79 Å². The maximum Gasteiger partial charge on any atom is 0.337 e. The number of carboxylic acids is 1. The maximum atomic E-state index is 11.2. The van der Waals surface area contributed by atoms with Gasteiger partial charge in [0, 0.05) is 12.0 Å². The topological polar surface area (TPSA) is 70.9 Å². The van der Waals surface area contributed by atoms with Gasteiger partial charge in [0.15, 0.2) is 0 Å². The van der Waals surface area contributed by atoms with Crippen LogP contribution in [0.4, 0.5) is 5.69 Å². The molecule has 0 radical (unpaired) electrons. The number of benzene rings is 2. The van der Waals surface area contributed by atoms with Gasteiger partial charge in [0.2, 0.25) is 0 Å². The van der Waals surface area contributed by atoms with Crippen molar-refractivity contribution in [3.63, 3.8) is 0 Å². The Morgan fingerprint density at radius 2 is 1.90 bits per heavy atom. The number of rotatable bonds is 3. The SMILES string of the molecule is O=C(O)c1ccccc1N/N=C1/CCOc2ccccc21. The fourth-order valence-corrected chi connectivity index (χ4v) is 2.23. The molecule has 0 fully saturated rings. The number of anilines is 1. The minimum atomic E-state index is -0.981. The van der Waals surface area contributed by atoms with Crippen LogP contribution in [0.2, 0.25) is 0 Å². The first-order chi connectivity index (χ1) is 10.3.